The molecule has 700 valence electrons. The Labute approximate surface area is 865 Å². The van der Waals surface area contributed by atoms with Crippen LogP contribution in [0.2, 0.25) is 0 Å². The zero-order valence-electron chi connectivity index (χ0n) is 80.9. The Bertz CT molecular complexity index is 10800. The first-order chi connectivity index (χ1) is 74.3. The van der Waals surface area contributed by atoms with Gasteiger partial charge in [0.1, 0.15) is 11.2 Å². The van der Waals surface area contributed by atoms with Crippen molar-refractivity contribution < 1.29 is 4.42 Å². The molecular formula is C138H86N10OS. The number of para-hydroxylation sites is 9. The second kappa shape index (κ2) is 36.1. The molecule has 0 amide bonds. The van der Waals surface area contributed by atoms with Crippen molar-refractivity contribution in [2.45, 2.75) is 0 Å². The lowest BCUT2D eigenvalue weighted by Crippen LogP contribution is -2.03. The van der Waals surface area contributed by atoms with Crippen LogP contribution in [0.15, 0.2) is 526 Å². The third-order valence-electron chi connectivity index (χ3n) is 29.6. The predicted octanol–water partition coefficient (Wildman–Crippen LogP) is 36.5. The van der Waals surface area contributed by atoms with Crippen LogP contribution in [0.5, 0.6) is 0 Å². The highest BCUT2D eigenvalue weighted by Gasteiger charge is 2.26. The molecule has 150 heavy (non-hydrogen) atoms. The van der Waals surface area contributed by atoms with Gasteiger partial charge in [0, 0.05) is 113 Å². The number of thiophene rings is 1. The van der Waals surface area contributed by atoms with Gasteiger partial charge in [0.25, 0.3) is 0 Å². The summed E-state index contributed by atoms with van der Waals surface area (Å²) in [6.45, 7) is 0. The molecule has 0 fully saturated rings. The van der Waals surface area contributed by atoms with Gasteiger partial charge in [-0.25, -0.2) is 29.9 Å². The summed E-state index contributed by atoms with van der Waals surface area (Å²) in [7, 11) is 0. The molecule has 0 radical (unpaired) electrons. The predicted molar refractivity (Wildman–Crippen MR) is 625 cm³/mol. The standard InChI is InChI=1S/C56H36N4.C44H27N3S.C38H23N3O/c1-3-14-37(15-4-1)38-26-28-39(29-27-38)40-16-13-17-43(34-40)55-47-22-7-10-23-50(47)57-56(58-55)60-52-25-12-9-21-46(52)49-36-42(31-33-54(49)60)41-30-32-53-48(35-41)45-20-8-11-24-51(45)59(53)44-18-5-2-6-19-44;1-2-10-28(11-3-1)29-18-20-30(21-19-29)43-35-14-4-7-15-38(35)45-44(46-43)47-39-16-8-5-12-33(39)36-26-31(22-24-40(36)47)32-23-25-42-37(27-32)34-13-6-9-17-41(34)48-42;1-2-10-24(11-3-1)37-29-14-4-7-15-32(29)39-38(40-37)41-33-16-8-5-12-27(33)30-22-25(18-20-34(30)41)26-19-21-36-31(23-26)28-13-6-9-17-35(28)42-36/h1-36H;1-27H;1-23H. The van der Waals surface area contributed by atoms with E-state index in [-0.39, 0.29) is 0 Å². The van der Waals surface area contributed by atoms with Crippen molar-refractivity contribution in [3.8, 4) is 124 Å². The fourth-order valence-corrected chi connectivity index (χ4v) is 23.5. The number of hydrogen-bond acceptors (Lipinski definition) is 8. The van der Waals surface area contributed by atoms with Gasteiger partial charge >= 0.3 is 0 Å². The summed E-state index contributed by atoms with van der Waals surface area (Å²) in [6, 6.07) is 185. The minimum atomic E-state index is 0.649. The van der Waals surface area contributed by atoms with Gasteiger partial charge in [0.05, 0.1) is 77.8 Å². The molecule has 0 atom stereocenters. The molecule has 0 aliphatic rings. The summed E-state index contributed by atoms with van der Waals surface area (Å²) in [6.07, 6.45) is 0. The maximum atomic E-state index is 6.08. The normalized spacial score (nSPS) is 11.7. The number of nitrogens with zero attached hydrogens (tertiary/aromatic N) is 10. The van der Waals surface area contributed by atoms with Crippen LogP contribution in [0.1, 0.15) is 0 Å². The average molecular weight is 1930 g/mol. The summed E-state index contributed by atoms with van der Waals surface area (Å²) >= 11 is 1.85. The molecule has 31 rings (SSSR count). The van der Waals surface area contributed by atoms with Crippen LogP contribution in [0.4, 0.5) is 0 Å². The summed E-state index contributed by atoms with van der Waals surface area (Å²) in [4.78, 5) is 31.4. The minimum Gasteiger partial charge on any atom is -0.456 e. The van der Waals surface area contributed by atoms with Crippen LogP contribution < -0.4 is 0 Å². The molecule has 0 aliphatic carbocycles. The lowest BCUT2D eigenvalue weighted by Gasteiger charge is -2.13. The average Bonchev–Trinajstić information content (AvgIpc) is 1.58. The molecular weight excluding hydrogens is 1850 g/mol. The van der Waals surface area contributed by atoms with E-state index in [1.165, 1.54) is 102 Å². The third kappa shape index (κ3) is 15.0. The summed E-state index contributed by atoms with van der Waals surface area (Å²) < 4.78 is 17.7. The fourth-order valence-electron chi connectivity index (χ4n) is 22.5. The quantitative estimate of drug-likeness (QED) is 0.113. The smallest absolute Gasteiger partial charge is 0.235 e. The van der Waals surface area contributed by atoms with Crippen molar-refractivity contribution in [2.24, 2.45) is 0 Å². The summed E-state index contributed by atoms with van der Waals surface area (Å²) in [5, 5.41) is 17.5. The maximum Gasteiger partial charge on any atom is 0.235 e. The summed E-state index contributed by atoms with van der Waals surface area (Å²) in [5.41, 5.74) is 34.7. The van der Waals surface area contributed by atoms with Crippen molar-refractivity contribution in [1.82, 2.24) is 48.2 Å². The zero-order valence-corrected chi connectivity index (χ0v) is 81.8. The second-order valence-electron chi connectivity index (χ2n) is 38.3. The summed E-state index contributed by atoms with van der Waals surface area (Å²) in [5.74, 6) is 1.98. The molecule has 0 saturated heterocycles. The van der Waals surface area contributed by atoms with E-state index in [0.717, 1.165) is 166 Å². The van der Waals surface area contributed by atoms with Crippen molar-refractivity contribution >= 4 is 173 Å². The van der Waals surface area contributed by atoms with Crippen molar-refractivity contribution in [2.75, 3.05) is 0 Å². The first kappa shape index (κ1) is 86.7. The molecule has 12 heteroatoms. The zero-order chi connectivity index (χ0) is 98.8. The van der Waals surface area contributed by atoms with E-state index in [1.54, 1.807) is 0 Å². The number of fused-ring (bicyclic) bond motifs is 21. The molecule has 9 heterocycles. The maximum absolute atomic E-state index is 6.08. The van der Waals surface area contributed by atoms with Gasteiger partial charge in [-0.1, -0.05) is 376 Å². The molecule has 9 aromatic heterocycles. The molecule has 0 unspecified atom stereocenters. The van der Waals surface area contributed by atoms with E-state index < -0.39 is 0 Å². The Morgan fingerprint density at radius 1 is 0.147 bits per heavy atom. The highest BCUT2D eigenvalue weighted by atomic mass is 32.1. The van der Waals surface area contributed by atoms with E-state index in [2.05, 4.69) is 498 Å². The Kier molecular flexibility index (Phi) is 20.9. The number of aromatic nitrogens is 10. The minimum absolute atomic E-state index is 0.649. The Morgan fingerprint density at radius 2 is 0.413 bits per heavy atom. The van der Waals surface area contributed by atoms with Crippen LogP contribution in [-0.2, 0) is 0 Å². The second-order valence-corrected chi connectivity index (χ2v) is 39.4. The fraction of sp³-hybridized carbons (Fsp3) is 0. The Hall–Kier alpha value is -19.9. The topological polar surface area (TPSA) is 110 Å². The van der Waals surface area contributed by atoms with Gasteiger partial charge in [0.2, 0.25) is 17.8 Å². The Balaban J connectivity index is 0.000000107. The molecule has 0 spiro atoms. The van der Waals surface area contributed by atoms with Crippen molar-refractivity contribution in [1.29, 1.82) is 0 Å². The number of furan rings is 1. The third-order valence-corrected chi connectivity index (χ3v) is 30.8. The number of benzene rings is 22. The van der Waals surface area contributed by atoms with Crippen molar-refractivity contribution in [3.63, 3.8) is 0 Å². The van der Waals surface area contributed by atoms with Gasteiger partial charge in [-0.15, -0.1) is 11.3 Å². The van der Waals surface area contributed by atoms with Gasteiger partial charge < -0.3 is 8.98 Å². The van der Waals surface area contributed by atoms with Crippen LogP contribution in [0.3, 0.4) is 0 Å². The molecule has 0 saturated carbocycles. The molecule has 31 aromatic rings. The van der Waals surface area contributed by atoms with Gasteiger partial charge in [-0.2, -0.15) is 0 Å². The first-order valence-corrected chi connectivity index (χ1v) is 51.5. The van der Waals surface area contributed by atoms with Gasteiger partial charge in [0.15, 0.2) is 0 Å². The van der Waals surface area contributed by atoms with E-state index in [9.17, 15) is 0 Å². The first-order valence-electron chi connectivity index (χ1n) is 50.7. The monoisotopic (exact) mass is 1930 g/mol. The van der Waals surface area contributed by atoms with Crippen LogP contribution in [0, 0.1) is 0 Å². The molecule has 11 nitrogen and oxygen atoms in total. The van der Waals surface area contributed by atoms with E-state index in [0.29, 0.717) is 17.8 Å². The lowest BCUT2D eigenvalue weighted by atomic mass is 9.97. The molecule has 0 bridgehead atoms. The Morgan fingerprint density at radius 3 is 0.867 bits per heavy atom. The van der Waals surface area contributed by atoms with Crippen molar-refractivity contribution in [3.05, 3.63) is 522 Å². The van der Waals surface area contributed by atoms with E-state index in [4.69, 9.17) is 34.3 Å². The number of hydrogen-bond donors (Lipinski definition) is 0. The van der Waals surface area contributed by atoms with Gasteiger partial charge in [-0.3, -0.25) is 13.7 Å². The molecule has 0 N–H and O–H groups in total. The highest BCUT2D eigenvalue weighted by Crippen LogP contribution is 2.46. The largest absolute Gasteiger partial charge is 0.456 e. The molecule has 22 aromatic carbocycles. The van der Waals surface area contributed by atoms with Crippen LogP contribution in [0.25, 0.3) is 286 Å². The van der Waals surface area contributed by atoms with Crippen LogP contribution >= 0.6 is 11.3 Å². The van der Waals surface area contributed by atoms with Gasteiger partial charge in [-0.05, 0) is 212 Å². The van der Waals surface area contributed by atoms with E-state index >= 15 is 0 Å². The molecule has 0 aliphatic heterocycles. The highest BCUT2D eigenvalue weighted by molar-refractivity contribution is 7.25. The number of rotatable bonds is 13. The lowest BCUT2D eigenvalue weighted by molar-refractivity contribution is 0.669. The van der Waals surface area contributed by atoms with Crippen LogP contribution in [-0.4, -0.2) is 48.2 Å². The SMILES string of the molecule is c1ccc(-c2ccc(-c3cccc(-c4nc(-n5c6ccccc6c6cc(-c7ccc8c(c7)c7ccccc7n8-c7ccccc7)ccc65)nc5ccccc45)c3)cc2)cc1.c1ccc(-c2ccc(-c3nc(-n4c5ccccc5c5cc(-c6ccc7sc8ccccc8c7c6)ccc54)nc4ccccc34)cc2)cc1.c1ccc(-c2nc(-n3c4ccccc4c4cc(-c5ccc6oc7ccccc7c6c5)ccc43)nc3ccccc23)cc1. The van der Waals surface area contributed by atoms with E-state index in [1.807, 2.05) is 53.8 Å².